The number of pyridine rings is 2. The van der Waals surface area contributed by atoms with Crippen LogP contribution in [0.25, 0.3) is 22.0 Å². The molecule has 0 unspecified atom stereocenters. The Kier molecular flexibility index (Phi) is 4.23. The molecule has 130 valence electrons. The van der Waals surface area contributed by atoms with E-state index in [1.54, 1.807) is 12.4 Å². The molecule has 26 heavy (non-hydrogen) atoms. The maximum atomic E-state index is 6.20. The normalized spacial score (nSPS) is 11.0. The van der Waals surface area contributed by atoms with Gasteiger partial charge in [0.25, 0.3) is 0 Å². The fraction of sp³-hybridized carbons (Fsp3) is 0.150. The number of fused-ring (bicyclic) bond motifs is 1. The van der Waals surface area contributed by atoms with E-state index < -0.39 is 0 Å². The Morgan fingerprint density at radius 3 is 2.85 bits per heavy atom. The highest BCUT2D eigenvalue weighted by atomic mass is 15.1. The molecule has 0 atom stereocenters. The van der Waals surface area contributed by atoms with Crippen molar-refractivity contribution >= 4 is 22.4 Å². The van der Waals surface area contributed by atoms with Gasteiger partial charge in [0.1, 0.15) is 11.6 Å². The molecule has 0 aliphatic heterocycles. The summed E-state index contributed by atoms with van der Waals surface area (Å²) in [4.78, 5) is 9.04. The van der Waals surface area contributed by atoms with Crippen molar-refractivity contribution < 1.29 is 0 Å². The third-order valence-electron chi connectivity index (χ3n) is 4.44. The van der Waals surface area contributed by atoms with Crippen LogP contribution in [0.15, 0.2) is 54.9 Å². The van der Waals surface area contributed by atoms with E-state index >= 15 is 0 Å². The summed E-state index contributed by atoms with van der Waals surface area (Å²) in [6, 6.07) is 14.3. The van der Waals surface area contributed by atoms with Crippen molar-refractivity contribution in [2.24, 2.45) is 0 Å². The molecular formula is C20H20N6. The molecule has 6 heteroatoms. The number of anilines is 2. The van der Waals surface area contributed by atoms with Crippen molar-refractivity contribution in [2.75, 3.05) is 11.1 Å². The van der Waals surface area contributed by atoms with Gasteiger partial charge < -0.3 is 11.1 Å². The number of aromatic amines is 1. The third kappa shape index (κ3) is 3.09. The summed E-state index contributed by atoms with van der Waals surface area (Å²) in [5.41, 5.74) is 10.5. The molecule has 0 bridgehead atoms. The lowest BCUT2D eigenvalue weighted by atomic mass is 10.0. The highest BCUT2D eigenvalue weighted by Gasteiger charge is 2.10. The zero-order valence-electron chi connectivity index (χ0n) is 14.5. The highest BCUT2D eigenvalue weighted by Crippen LogP contribution is 2.29. The molecule has 4 N–H and O–H groups in total. The van der Waals surface area contributed by atoms with Crippen LogP contribution < -0.4 is 11.1 Å². The average molecular weight is 344 g/mol. The average Bonchev–Trinajstić information content (AvgIpc) is 3.19. The Bertz CT molecular complexity index is 1040. The van der Waals surface area contributed by atoms with Crippen LogP contribution in [0.3, 0.4) is 0 Å². The van der Waals surface area contributed by atoms with Gasteiger partial charge in [0.2, 0.25) is 0 Å². The summed E-state index contributed by atoms with van der Waals surface area (Å²) < 4.78 is 0. The lowest BCUT2D eigenvalue weighted by molar-refractivity contribution is 0.975. The van der Waals surface area contributed by atoms with Crippen LogP contribution in [-0.2, 0) is 13.0 Å². The first-order valence-electron chi connectivity index (χ1n) is 8.61. The first-order chi connectivity index (χ1) is 12.7. The van der Waals surface area contributed by atoms with Crippen LogP contribution in [0, 0.1) is 0 Å². The number of benzene rings is 1. The van der Waals surface area contributed by atoms with E-state index in [4.69, 9.17) is 5.73 Å². The van der Waals surface area contributed by atoms with Crippen molar-refractivity contribution in [3.8, 4) is 11.3 Å². The molecule has 0 aliphatic carbocycles. The van der Waals surface area contributed by atoms with Crippen molar-refractivity contribution in [1.29, 1.82) is 0 Å². The van der Waals surface area contributed by atoms with E-state index in [9.17, 15) is 0 Å². The summed E-state index contributed by atoms with van der Waals surface area (Å²) >= 11 is 0. The van der Waals surface area contributed by atoms with Crippen molar-refractivity contribution in [3.05, 3.63) is 66.1 Å². The second-order valence-corrected chi connectivity index (χ2v) is 6.13. The predicted molar refractivity (Wildman–Crippen MR) is 105 cm³/mol. The Morgan fingerprint density at radius 2 is 2.04 bits per heavy atom. The minimum Gasteiger partial charge on any atom is -0.383 e. The number of nitrogens with zero attached hydrogens (tertiary/aromatic N) is 3. The number of aromatic nitrogens is 4. The summed E-state index contributed by atoms with van der Waals surface area (Å²) in [7, 11) is 0. The zero-order chi connectivity index (χ0) is 17.9. The fourth-order valence-electron chi connectivity index (χ4n) is 3.06. The lowest BCUT2D eigenvalue weighted by Gasteiger charge is -2.11. The summed E-state index contributed by atoms with van der Waals surface area (Å²) in [6.45, 7) is 2.77. The molecule has 1 aromatic carbocycles. The van der Waals surface area contributed by atoms with Gasteiger partial charge >= 0.3 is 0 Å². The fourth-order valence-corrected chi connectivity index (χ4v) is 3.06. The molecule has 0 saturated heterocycles. The number of nitrogen functional groups attached to an aromatic ring is 1. The molecule has 6 nitrogen and oxygen atoms in total. The molecular weight excluding hydrogens is 324 g/mol. The number of hydrogen-bond donors (Lipinski definition) is 3. The Labute approximate surface area is 151 Å². The van der Waals surface area contributed by atoms with Crippen molar-refractivity contribution in [3.63, 3.8) is 0 Å². The Hall–Kier alpha value is -3.41. The topological polar surface area (TPSA) is 92.5 Å². The van der Waals surface area contributed by atoms with Gasteiger partial charge in [-0.1, -0.05) is 31.2 Å². The zero-order valence-corrected chi connectivity index (χ0v) is 14.5. The smallest absolute Gasteiger partial charge is 0.133 e. The van der Waals surface area contributed by atoms with E-state index in [1.165, 1.54) is 5.56 Å². The van der Waals surface area contributed by atoms with Crippen LogP contribution in [-0.4, -0.2) is 20.2 Å². The van der Waals surface area contributed by atoms with Crippen LogP contribution >= 0.6 is 0 Å². The molecule has 3 heterocycles. The third-order valence-corrected chi connectivity index (χ3v) is 4.44. The van der Waals surface area contributed by atoms with Crippen LogP contribution in [0.2, 0.25) is 0 Å². The van der Waals surface area contributed by atoms with Gasteiger partial charge in [0.05, 0.1) is 17.9 Å². The second kappa shape index (κ2) is 6.84. The quantitative estimate of drug-likeness (QED) is 0.512. The van der Waals surface area contributed by atoms with Crippen LogP contribution in [0.4, 0.5) is 11.6 Å². The number of nitrogens with two attached hydrogens (primary N) is 1. The number of aryl methyl sites for hydroxylation is 1. The van der Waals surface area contributed by atoms with Gasteiger partial charge in [0.15, 0.2) is 0 Å². The van der Waals surface area contributed by atoms with Crippen LogP contribution in [0.1, 0.15) is 18.2 Å². The molecule has 3 aromatic heterocycles. The van der Waals surface area contributed by atoms with Crippen LogP contribution in [0.5, 0.6) is 0 Å². The molecule has 4 aromatic rings. The highest BCUT2D eigenvalue weighted by molar-refractivity contribution is 5.94. The minimum absolute atomic E-state index is 0.496. The Morgan fingerprint density at radius 1 is 1.15 bits per heavy atom. The second-order valence-electron chi connectivity index (χ2n) is 6.13. The molecule has 0 aliphatic rings. The number of nitrogens with one attached hydrogen (secondary N) is 2. The first-order valence-corrected chi connectivity index (χ1v) is 8.61. The van der Waals surface area contributed by atoms with Gasteiger partial charge in [-0.2, -0.15) is 5.10 Å². The number of rotatable bonds is 5. The van der Waals surface area contributed by atoms with Crippen molar-refractivity contribution in [2.45, 2.75) is 19.9 Å². The minimum atomic E-state index is 0.496. The van der Waals surface area contributed by atoms with E-state index in [0.29, 0.717) is 12.4 Å². The first kappa shape index (κ1) is 16.1. The monoisotopic (exact) mass is 344 g/mol. The Balaban J connectivity index is 1.72. The molecule has 4 rings (SSSR count). The molecule has 0 fully saturated rings. The maximum Gasteiger partial charge on any atom is 0.133 e. The van der Waals surface area contributed by atoms with Crippen molar-refractivity contribution in [1.82, 2.24) is 20.2 Å². The summed E-state index contributed by atoms with van der Waals surface area (Å²) in [5.74, 6) is 1.28. The standard InChI is InChI=1S/C20H20N6/c1-2-13-5-3-4-6-16(13)18-9-14-10-19(22-11-15-7-8-24-26-15)23-12-17(14)20(21)25-18/h3-10,12H,2,11H2,1H3,(H2,21,25)(H,22,23)(H,24,26). The predicted octanol–water partition coefficient (Wildman–Crippen LogP) is 3.78. The van der Waals surface area contributed by atoms with Gasteiger partial charge in [0, 0.05) is 23.3 Å². The lowest BCUT2D eigenvalue weighted by Crippen LogP contribution is -2.02. The SMILES string of the molecule is CCc1ccccc1-c1cc2cc(NCc3ccn[nH]3)ncc2c(N)n1. The van der Waals surface area contributed by atoms with E-state index in [1.807, 2.05) is 24.3 Å². The van der Waals surface area contributed by atoms with Gasteiger partial charge in [-0.15, -0.1) is 0 Å². The number of H-pyrrole nitrogens is 1. The van der Waals surface area contributed by atoms with Gasteiger partial charge in [-0.3, -0.25) is 5.10 Å². The molecule has 0 amide bonds. The van der Waals surface area contributed by atoms with E-state index in [2.05, 4.69) is 50.6 Å². The largest absolute Gasteiger partial charge is 0.383 e. The molecule has 0 saturated carbocycles. The molecule has 0 radical (unpaired) electrons. The summed E-state index contributed by atoms with van der Waals surface area (Å²) in [5, 5.41) is 12.0. The van der Waals surface area contributed by atoms with Gasteiger partial charge in [-0.25, -0.2) is 9.97 Å². The summed E-state index contributed by atoms with van der Waals surface area (Å²) in [6.07, 6.45) is 4.44. The van der Waals surface area contributed by atoms with E-state index in [-0.39, 0.29) is 0 Å². The van der Waals surface area contributed by atoms with E-state index in [0.717, 1.165) is 40.0 Å². The molecule has 0 spiro atoms. The maximum absolute atomic E-state index is 6.20. The number of hydrogen-bond acceptors (Lipinski definition) is 5. The van der Waals surface area contributed by atoms with Gasteiger partial charge in [-0.05, 0) is 35.6 Å².